The summed E-state index contributed by atoms with van der Waals surface area (Å²) in [4.78, 5) is 0. The Morgan fingerprint density at radius 2 is 2.11 bits per heavy atom. The van der Waals surface area contributed by atoms with Crippen LogP contribution in [-0.4, -0.2) is 25.8 Å². The van der Waals surface area contributed by atoms with Crippen LogP contribution < -0.4 is 5.32 Å². The van der Waals surface area contributed by atoms with Crippen molar-refractivity contribution in [1.82, 2.24) is 5.32 Å². The molecule has 0 aliphatic carbocycles. The van der Waals surface area contributed by atoms with Crippen molar-refractivity contribution >= 4 is 11.6 Å². The minimum atomic E-state index is -0.210. The van der Waals surface area contributed by atoms with Crippen LogP contribution in [0.25, 0.3) is 0 Å². The molecule has 1 N–H and O–H groups in total. The molecule has 0 aromatic heterocycles. The van der Waals surface area contributed by atoms with Gasteiger partial charge in [0.25, 0.3) is 0 Å². The number of likely N-dealkylation sites (N-methyl/N-ethyl adjacent to an activating group) is 1. The van der Waals surface area contributed by atoms with Gasteiger partial charge in [0.2, 0.25) is 0 Å². The Bertz CT molecular complexity index is 386. The minimum Gasteiger partial charge on any atom is -0.380 e. The number of nitrogens with one attached hydrogen (secondary N) is 1. The van der Waals surface area contributed by atoms with Gasteiger partial charge in [-0.2, -0.15) is 0 Å². The zero-order valence-corrected chi connectivity index (χ0v) is 12.6. The average Bonchev–Trinajstić information content (AvgIpc) is 2.39. The van der Waals surface area contributed by atoms with Crippen molar-refractivity contribution in [3.05, 3.63) is 34.6 Å². The summed E-state index contributed by atoms with van der Waals surface area (Å²) in [5.74, 6) is -0.210. The lowest BCUT2D eigenvalue weighted by atomic mass is 9.98. The minimum absolute atomic E-state index is 0.0864. The number of benzene rings is 1. The van der Waals surface area contributed by atoms with Gasteiger partial charge in [-0.25, -0.2) is 4.39 Å². The molecule has 0 radical (unpaired) electrons. The molecule has 0 spiro atoms. The Morgan fingerprint density at radius 1 is 1.37 bits per heavy atom. The van der Waals surface area contributed by atoms with E-state index in [2.05, 4.69) is 12.2 Å². The van der Waals surface area contributed by atoms with Gasteiger partial charge in [-0.05, 0) is 43.1 Å². The van der Waals surface area contributed by atoms with Crippen LogP contribution >= 0.6 is 11.6 Å². The van der Waals surface area contributed by atoms with Gasteiger partial charge in [0.05, 0.1) is 6.10 Å². The third-order valence-corrected chi connectivity index (χ3v) is 3.47. The molecule has 1 aromatic carbocycles. The molecule has 108 valence electrons. The van der Waals surface area contributed by atoms with Crippen LogP contribution in [0.3, 0.4) is 0 Å². The van der Waals surface area contributed by atoms with Gasteiger partial charge >= 0.3 is 0 Å². The first-order chi connectivity index (χ1) is 9.12. The predicted octanol–water partition coefficient (Wildman–Crippen LogP) is 3.81. The van der Waals surface area contributed by atoms with Gasteiger partial charge < -0.3 is 10.1 Å². The smallest absolute Gasteiger partial charge is 0.126 e. The molecular formula is C15H23ClFNO. The van der Waals surface area contributed by atoms with Gasteiger partial charge in [0, 0.05) is 18.2 Å². The van der Waals surface area contributed by atoms with Crippen LogP contribution in [0.1, 0.15) is 32.3 Å². The molecule has 0 heterocycles. The molecule has 1 rings (SSSR count). The molecule has 2 nitrogen and oxygen atoms in total. The highest BCUT2D eigenvalue weighted by atomic mass is 35.5. The van der Waals surface area contributed by atoms with Gasteiger partial charge in [-0.3, -0.25) is 0 Å². The quantitative estimate of drug-likeness (QED) is 0.785. The SMILES string of the molecule is CCCC(OC)C(Cc1cc(Cl)ccc1F)NCC. The van der Waals surface area contributed by atoms with Crippen molar-refractivity contribution in [2.24, 2.45) is 0 Å². The van der Waals surface area contributed by atoms with E-state index in [1.165, 1.54) is 6.07 Å². The van der Waals surface area contributed by atoms with Crippen LogP contribution in [0, 0.1) is 5.82 Å². The van der Waals surface area contributed by atoms with Crippen molar-refractivity contribution in [2.75, 3.05) is 13.7 Å². The van der Waals surface area contributed by atoms with Crippen LogP contribution in [0.5, 0.6) is 0 Å². The Balaban J connectivity index is 2.84. The van der Waals surface area contributed by atoms with E-state index in [4.69, 9.17) is 16.3 Å². The number of hydrogen-bond donors (Lipinski definition) is 1. The lowest BCUT2D eigenvalue weighted by Gasteiger charge is -2.27. The molecule has 0 aliphatic rings. The van der Waals surface area contributed by atoms with E-state index in [9.17, 15) is 4.39 Å². The molecule has 0 amide bonds. The highest BCUT2D eigenvalue weighted by molar-refractivity contribution is 6.30. The summed E-state index contributed by atoms with van der Waals surface area (Å²) >= 11 is 5.93. The summed E-state index contributed by atoms with van der Waals surface area (Å²) in [6.07, 6.45) is 2.66. The Labute approximate surface area is 120 Å². The van der Waals surface area contributed by atoms with Crippen molar-refractivity contribution in [1.29, 1.82) is 0 Å². The maximum atomic E-state index is 13.8. The monoisotopic (exact) mass is 287 g/mol. The number of rotatable bonds is 8. The zero-order chi connectivity index (χ0) is 14.3. The second kappa shape index (κ2) is 8.51. The summed E-state index contributed by atoms with van der Waals surface area (Å²) in [5, 5.41) is 3.94. The van der Waals surface area contributed by atoms with Crippen LogP contribution in [-0.2, 0) is 11.2 Å². The maximum absolute atomic E-state index is 13.8. The Morgan fingerprint density at radius 3 is 2.68 bits per heavy atom. The molecular weight excluding hydrogens is 265 g/mol. The number of ether oxygens (including phenoxy) is 1. The normalized spacial score (nSPS) is 14.4. The van der Waals surface area contributed by atoms with E-state index in [-0.39, 0.29) is 18.0 Å². The van der Waals surface area contributed by atoms with Crippen LogP contribution in [0.15, 0.2) is 18.2 Å². The predicted molar refractivity (Wildman–Crippen MR) is 78.3 cm³/mol. The molecule has 0 saturated carbocycles. The Hall–Kier alpha value is -0.640. The fraction of sp³-hybridized carbons (Fsp3) is 0.600. The molecule has 0 aliphatic heterocycles. The van der Waals surface area contributed by atoms with Crippen molar-refractivity contribution in [2.45, 2.75) is 45.3 Å². The second-order valence-electron chi connectivity index (χ2n) is 4.67. The lowest BCUT2D eigenvalue weighted by Crippen LogP contribution is -2.42. The zero-order valence-electron chi connectivity index (χ0n) is 11.9. The van der Waals surface area contributed by atoms with E-state index in [1.807, 2.05) is 6.92 Å². The average molecular weight is 288 g/mol. The van der Waals surface area contributed by atoms with Crippen molar-refractivity contribution in [3.63, 3.8) is 0 Å². The molecule has 1 aromatic rings. The Kier molecular flexibility index (Phi) is 7.36. The molecule has 0 fully saturated rings. The largest absolute Gasteiger partial charge is 0.380 e. The van der Waals surface area contributed by atoms with Gasteiger partial charge in [-0.15, -0.1) is 0 Å². The summed E-state index contributed by atoms with van der Waals surface area (Å²) in [6.45, 7) is 4.99. The van der Waals surface area contributed by atoms with E-state index in [0.29, 0.717) is 17.0 Å². The molecule has 19 heavy (non-hydrogen) atoms. The maximum Gasteiger partial charge on any atom is 0.126 e. The first kappa shape index (κ1) is 16.4. The molecule has 2 unspecified atom stereocenters. The summed E-state index contributed by atoms with van der Waals surface area (Å²) in [6, 6.07) is 4.79. The fourth-order valence-electron chi connectivity index (χ4n) is 2.30. The number of methoxy groups -OCH3 is 1. The number of hydrogen-bond acceptors (Lipinski definition) is 2. The molecule has 0 saturated heterocycles. The highest BCUT2D eigenvalue weighted by Gasteiger charge is 2.21. The van der Waals surface area contributed by atoms with Gasteiger partial charge in [-0.1, -0.05) is 31.9 Å². The standard InChI is InChI=1S/C15H23ClFNO/c1-4-6-15(19-3)14(18-5-2)10-11-9-12(16)7-8-13(11)17/h7-9,14-15,18H,4-6,10H2,1-3H3. The third kappa shape index (κ3) is 5.09. The second-order valence-corrected chi connectivity index (χ2v) is 5.10. The topological polar surface area (TPSA) is 21.3 Å². The van der Waals surface area contributed by atoms with Gasteiger partial charge in [0.15, 0.2) is 0 Å². The highest BCUT2D eigenvalue weighted by Crippen LogP contribution is 2.19. The summed E-state index contributed by atoms with van der Waals surface area (Å²) in [5.41, 5.74) is 0.636. The van der Waals surface area contributed by atoms with E-state index < -0.39 is 0 Å². The van der Waals surface area contributed by atoms with Crippen LogP contribution in [0.2, 0.25) is 5.02 Å². The molecule has 0 bridgehead atoms. The van der Waals surface area contributed by atoms with E-state index in [0.717, 1.165) is 19.4 Å². The van der Waals surface area contributed by atoms with Crippen molar-refractivity contribution in [3.8, 4) is 0 Å². The van der Waals surface area contributed by atoms with Crippen LogP contribution in [0.4, 0.5) is 4.39 Å². The van der Waals surface area contributed by atoms with Gasteiger partial charge in [0.1, 0.15) is 5.82 Å². The van der Waals surface area contributed by atoms with Crippen molar-refractivity contribution < 1.29 is 9.13 Å². The first-order valence-corrected chi connectivity index (χ1v) is 7.20. The first-order valence-electron chi connectivity index (χ1n) is 6.82. The fourth-order valence-corrected chi connectivity index (χ4v) is 2.50. The number of halogens is 2. The van der Waals surface area contributed by atoms with E-state index >= 15 is 0 Å². The molecule has 2 atom stereocenters. The molecule has 4 heteroatoms. The summed E-state index contributed by atoms with van der Waals surface area (Å²) in [7, 11) is 1.71. The third-order valence-electron chi connectivity index (χ3n) is 3.24. The summed E-state index contributed by atoms with van der Waals surface area (Å²) < 4.78 is 19.3. The lowest BCUT2D eigenvalue weighted by molar-refractivity contribution is 0.0611. The van der Waals surface area contributed by atoms with E-state index in [1.54, 1.807) is 19.2 Å².